The number of H-pyrrole nitrogens is 1. The second-order valence-electron chi connectivity index (χ2n) is 8.92. The van der Waals surface area contributed by atoms with Gasteiger partial charge >= 0.3 is 5.97 Å². The van der Waals surface area contributed by atoms with Crippen LogP contribution in [0.3, 0.4) is 0 Å². The highest BCUT2D eigenvalue weighted by Gasteiger charge is 2.24. The summed E-state index contributed by atoms with van der Waals surface area (Å²) in [7, 11) is 0. The molecule has 0 spiro atoms. The number of aryl methyl sites for hydroxylation is 3. The van der Waals surface area contributed by atoms with E-state index in [1.54, 1.807) is 12.1 Å². The second kappa shape index (κ2) is 11.5. The molecule has 0 aliphatic heterocycles. The number of aliphatic hydroxyl groups is 2. The number of nitrogens with one attached hydrogen (secondary N) is 2. The average molecular weight is 483 g/mol. The number of carbonyl (C=O) groups is 1. The molecule has 0 saturated heterocycles. The van der Waals surface area contributed by atoms with Crippen molar-refractivity contribution < 1.29 is 25.2 Å². The fraction of sp³-hybridized carbons (Fsp3) is 0.407. The zero-order valence-electron chi connectivity index (χ0n) is 20.4. The van der Waals surface area contributed by atoms with Crippen LogP contribution in [0.5, 0.6) is 5.75 Å². The number of phenolic OH excluding ortho intramolecular Hbond substituents is 1. The zero-order valence-corrected chi connectivity index (χ0v) is 20.4. The van der Waals surface area contributed by atoms with Crippen molar-refractivity contribution in [2.24, 2.45) is 0 Å². The lowest BCUT2D eigenvalue weighted by atomic mass is 9.97. The number of fused-ring (bicyclic) bond motifs is 2. The quantitative estimate of drug-likeness (QED) is 0.304. The number of aromatic nitrogens is 1. The van der Waals surface area contributed by atoms with Gasteiger partial charge < -0.3 is 30.7 Å². The maximum Gasteiger partial charge on any atom is 0.329 e. The van der Waals surface area contributed by atoms with Crippen molar-refractivity contribution in [3.05, 3.63) is 74.1 Å². The molecule has 3 aromatic rings. The van der Waals surface area contributed by atoms with Gasteiger partial charge in [-0.15, -0.1) is 0 Å². The van der Waals surface area contributed by atoms with Crippen LogP contribution in [-0.2, 0) is 30.5 Å². The highest BCUT2D eigenvalue weighted by Crippen LogP contribution is 2.32. The van der Waals surface area contributed by atoms with E-state index >= 15 is 0 Å². The van der Waals surface area contributed by atoms with E-state index in [0.717, 1.165) is 36.8 Å². The minimum absolute atomic E-state index is 0.0220. The van der Waals surface area contributed by atoms with Crippen molar-refractivity contribution >= 4 is 16.9 Å². The van der Waals surface area contributed by atoms with E-state index in [4.69, 9.17) is 15.0 Å². The smallest absolute Gasteiger partial charge is 0.329 e. The maximum absolute atomic E-state index is 11.7. The minimum atomic E-state index is -1.19. The van der Waals surface area contributed by atoms with Gasteiger partial charge in [0.1, 0.15) is 12.4 Å². The Morgan fingerprint density at radius 2 is 1.69 bits per heavy atom. The van der Waals surface area contributed by atoms with Crippen LogP contribution in [0.15, 0.2) is 35.1 Å². The van der Waals surface area contributed by atoms with Crippen molar-refractivity contribution in [2.75, 3.05) is 13.2 Å². The lowest BCUT2D eigenvalue weighted by molar-refractivity contribution is -0.140. The summed E-state index contributed by atoms with van der Waals surface area (Å²) in [5.74, 6) is -1.17. The first-order valence-corrected chi connectivity index (χ1v) is 11.9. The normalized spacial score (nSPS) is 13.9. The van der Waals surface area contributed by atoms with Crippen LogP contribution in [0.25, 0.3) is 10.9 Å². The van der Waals surface area contributed by atoms with Gasteiger partial charge in [0.25, 0.3) is 0 Å². The number of rotatable bonds is 7. The lowest BCUT2D eigenvalue weighted by Gasteiger charge is -2.20. The van der Waals surface area contributed by atoms with Gasteiger partial charge in [0, 0.05) is 24.0 Å². The monoisotopic (exact) mass is 482 g/mol. The third kappa shape index (κ3) is 6.08. The zero-order chi connectivity index (χ0) is 25.7. The van der Waals surface area contributed by atoms with Crippen LogP contribution in [0.4, 0.5) is 0 Å². The van der Waals surface area contributed by atoms with Gasteiger partial charge in [0.15, 0.2) is 0 Å². The molecule has 188 valence electrons. The third-order valence-electron chi connectivity index (χ3n) is 6.53. The largest absolute Gasteiger partial charge is 0.506 e. The molecule has 1 aliphatic carbocycles. The van der Waals surface area contributed by atoms with Crippen LogP contribution in [0, 0.1) is 6.92 Å². The van der Waals surface area contributed by atoms with Crippen molar-refractivity contribution in [1.82, 2.24) is 10.3 Å². The predicted molar refractivity (Wildman–Crippen MR) is 135 cm³/mol. The Labute approximate surface area is 204 Å². The lowest BCUT2D eigenvalue weighted by Crippen LogP contribution is -2.33. The van der Waals surface area contributed by atoms with Crippen LogP contribution < -0.4 is 10.9 Å². The molecule has 0 radical (unpaired) electrons. The number of benzene rings is 2. The number of hydrogen-bond donors (Lipinski definition) is 6. The van der Waals surface area contributed by atoms with Crippen LogP contribution in [-0.4, -0.2) is 50.6 Å². The molecule has 1 heterocycles. The van der Waals surface area contributed by atoms with E-state index in [0.29, 0.717) is 23.5 Å². The predicted octanol–water partition coefficient (Wildman–Crippen LogP) is 2.52. The summed E-state index contributed by atoms with van der Waals surface area (Å²) < 4.78 is 0. The van der Waals surface area contributed by atoms with Gasteiger partial charge in [-0.05, 0) is 78.1 Å². The first kappa shape index (κ1) is 26.4. The van der Waals surface area contributed by atoms with E-state index in [-0.39, 0.29) is 11.3 Å². The van der Waals surface area contributed by atoms with Gasteiger partial charge in [-0.25, -0.2) is 4.79 Å². The Morgan fingerprint density at radius 3 is 2.20 bits per heavy atom. The van der Waals surface area contributed by atoms with Gasteiger partial charge in [0.2, 0.25) is 5.56 Å². The third-order valence-corrected chi connectivity index (χ3v) is 6.53. The van der Waals surface area contributed by atoms with E-state index in [2.05, 4.69) is 36.3 Å². The summed E-state index contributed by atoms with van der Waals surface area (Å²) >= 11 is 0. The van der Waals surface area contributed by atoms with Crippen molar-refractivity contribution in [3.8, 4) is 5.75 Å². The standard InChI is InChI=1S/C25H30N2O3.C2H4O3/c1-4-15-9-17-11-19(12-18(17)10-16(15)5-2)26-13-22(29)24-14(3)8-21(28)25-20(24)6-7-23(30)27-25;3-1-2(4)5/h6-10,19,22,26,28-29H,4-5,11-13H2,1-3H3,(H,27,30);3H,1H2,(H,4,5). The van der Waals surface area contributed by atoms with Gasteiger partial charge in [-0.1, -0.05) is 26.0 Å². The molecule has 0 saturated carbocycles. The number of aliphatic carboxylic acids is 1. The molecule has 2 aromatic carbocycles. The molecule has 1 atom stereocenters. The van der Waals surface area contributed by atoms with E-state index in [1.165, 1.54) is 28.3 Å². The molecule has 6 N–H and O–H groups in total. The van der Waals surface area contributed by atoms with Crippen LogP contribution in [0.2, 0.25) is 0 Å². The topological polar surface area (TPSA) is 143 Å². The SMILES string of the molecule is CCc1cc2c(cc1CC)CC(NCC(O)c1c(C)cc(O)c3[nH]c(=O)ccc13)C2.O=C(O)CO. The molecular weight excluding hydrogens is 448 g/mol. The first-order chi connectivity index (χ1) is 16.7. The van der Waals surface area contributed by atoms with Gasteiger partial charge in [-0.3, -0.25) is 4.79 Å². The van der Waals surface area contributed by atoms with Crippen LogP contribution in [0.1, 0.15) is 53.3 Å². The minimum Gasteiger partial charge on any atom is -0.506 e. The number of carboxylic acids is 1. The molecule has 8 heteroatoms. The number of aromatic amines is 1. The van der Waals surface area contributed by atoms with E-state index in [9.17, 15) is 15.0 Å². The fourth-order valence-electron chi connectivity index (χ4n) is 4.87. The Morgan fingerprint density at radius 1 is 1.11 bits per heavy atom. The van der Waals surface area contributed by atoms with Gasteiger partial charge in [-0.2, -0.15) is 0 Å². The van der Waals surface area contributed by atoms with Gasteiger partial charge in [0.05, 0.1) is 11.6 Å². The summed E-state index contributed by atoms with van der Waals surface area (Å²) in [6, 6.07) is 9.72. The Bertz CT molecular complexity index is 1230. The number of hydrogen-bond acceptors (Lipinski definition) is 6. The molecule has 1 unspecified atom stereocenters. The molecule has 1 aliphatic rings. The summed E-state index contributed by atoms with van der Waals surface area (Å²) in [5, 5.41) is 40.4. The molecular formula is C27H34N2O6. The Hall–Kier alpha value is -3.20. The van der Waals surface area contributed by atoms with E-state index in [1.807, 2.05) is 6.92 Å². The molecule has 4 rings (SSSR count). The summed E-state index contributed by atoms with van der Waals surface area (Å²) in [5.41, 5.74) is 7.35. The summed E-state index contributed by atoms with van der Waals surface area (Å²) in [6.07, 6.45) is 3.33. The number of aliphatic hydroxyl groups excluding tert-OH is 2. The average Bonchev–Trinajstić information content (AvgIpc) is 3.24. The fourth-order valence-corrected chi connectivity index (χ4v) is 4.87. The van der Waals surface area contributed by atoms with E-state index < -0.39 is 18.7 Å². The summed E-state index contributed by atoms with van der Waals surface area (Å²) in [4.78, 5) is 23.5. The molecule has 0 amide bonds. The highest BCUT2D eigenvalue weighted by atomic mass is 16.4. The Kier molecular flexibility index (Phi) is 8.67. The molecule has 0 fully saturated rings. The van der Waals surface area contributed by atoms with Crippen molar-refractivity contribution in [2.45, 2.75) is 58.6 Å². The highest BCUT2D eigenvalue weighted by molar-refractivity contribution is 5.88. The maximum atomic E-state index is 11.7. The van der Waals surface area contributed by atoms with Crippen molar-refractivity contribution in [3.63, 3.8) is 0 Å². The number of aromatic hydroxyl groups is 1. The van der Waals surface area contributed by atoms with Crippen LogP contribution >= 0.6 is 0 Å². The number of phenols is 1. The summed E-state index contributed by atoms with van der Waals surface area (Å²) in [6.45, 7) is 5.92. The first-order valence-electron chi connectivity index (χ1n) is 11.9. The number of pyridine rings is 1. The Balaban J connectivity index is 0.000000623. The number of carboxylic acid groups (broad SMARTS) is 1. The van der Waals surface area contributed by atoms with Crippen molar-refractivity contribution in [1.29, 1.82) is 0 Å². The molecule has 1 aromatic heterocycles. The second-order valence-corrected chi connectivity index (χ2v) is 8.92. The molecule has 8 nitrogen and oxygen atoms in total. The molecule has 35 heavy (non-hydrogen) atoms. The molecule has 0 bridgehead atoms.